The highest BCUT2D eigenvalue weighted by molar-refractivity contribution is 7.90. The number of pyridine rings is 1. The van der Waals surface area contributed by atoms with Gasteiger partial charge in [-0.3, -0.25) is 4.79 Å². The van der Waals surface area contributed by atoms with Crippen LogP contribution < -0.4 is 10.1 Å². The van der Waals surface area contributed by atoms with E-state index in [4.69, 9.17) is 14.2 Å². The van der Waals surface area contributed by atoms with Crippen LogP contribution in [0.25, 0.3) is 22.6 Å². The molecule has 3 aromatic heterocycles. The van der Waals surface area contributed by atoms with Crippen molar-refractivity contribution in [3.63, 3.8) is 0 Å². The Morgan fingerprint density at radius 1 is 0.863 bits per heavy atom. The average Bonchev–Trinajstić information content (AvgIpc) is 3.71. The van der Waals surface area contributed by atoms with Crippen molar-refractivity contribution in [1.29, 1.82) is 0 Å². The fourth-order valence-corrected chi connectivity index (χ4v) is 6.02. The van der Waals surface area contributed by atoms with Crippen LogP contribution in [-0.4, -0.2) is 72.1 Å². The molecule has 1 amide bonds. The Morgan fingerprint density at radius 2 is 1.53 bits per heavy atom. The number of rotatable bonds is 11. The second kappa shape index (κ2) is 14.7. The second-order valence-corrected chi connectivity index (χ2v) is 15.5. The zero-order chi connectivity index (χ0) is 37.0. The van der Waals surface area contributed by atoms with Gasteiger partial charge in [-0.25, -0.2) is 9.78 Å². The first-order valence-corrected chi connectivity index (χ1v) is 17.5. The maximum absolute atomic E-state index is 13.3. The first-order chi connectivity index (χ1) is 23.9. The van der Waals surface area contributed by atoms with E-state index >= 15 is 0 Å². The highest BCUT2D eigenvalue weighted by atomic mass is 32.2. The van der Waals surface area contributed by atoms with E-state index in [1.54, 1.807) is 108 Å². The fraction of sp³-hybridized carbons (Fsp3) is 0.343. The molecule has 0 fully saturated rings. The minimum atomic E-state index is -3.91. The van der Waals surface area contributed by atoms with Crippen LogP contribution in [0.3, 0.4) is 0 Å². The number of nitrogens with one attached hydrogen (secondary N) is 1. The summed E-state index contributed by atoms with van der Waals surface area (Å²) in [5.74, 6) is 0.588. The molecule has 0 aliphatic rings. The van der Waals surface area contributed by atoms with Gasteiger partial charge in [-0.05, 0) is 102 Å². The normalized spacial score (nSPS) is 12.6. The van der Waals surface area contributed by atoms with E-state index in [0.717, 1.165) is 9.65 Å². The van der Waals surface area contributed by atoms with Crippen molar-refractivity contribution >= 4 is 22.1 Å². The van der Waals surface area contributed by atoms with Crippen molar-refractivity contribution in [1.82, 2.24) is 39.7 Å². The molecule has 0 bridgehead atoms. The number of esters is 1. The van der Waals surface area contributed by atoms with E-state index in [2.05, 4.69) is 30.8 Å². The zero-order valence-corrected chi connectivity index (χ0v) is 30.2. The van der Waals surface area contributed by atoms with E-state index in [9.17, 15) is 18.0 Å². The SMILES string of the molecule is Cc1ccc(S(=O)(=O)n2nccc2-c2ccc(Oc3ccc(-c4nnn(C[C@H](CC(=O)OC(C)(C)C)NC(=O)OC(C)(C)C)n4)cc3)nc2)cc1. The third-order valence-corrected chi connectivity index (χ3v) is 8.53. The third-order valence-electron chi connectivity index (χ3n) is 6.91. The molecule has 0 saturated heterocycles. The van der Waals surface area contributed by atoms with Crippen molar-refractivity contribution in [2.45, 2.75) is 83.6 Å². The van der Waals surface area contributed by atoms with E-state index in [1.165, 1.54) is 17.2 Å². The highest BCUT2D eigenvalue weighted by Gasteiger charge is 2.26. The second-order valence-electron chi connectivity index (χ2n) is 13.7. The van der Waals surface area contributed by atoms with Crippen LogP contribution in [0, 0.1) is 6.92 Å². The van der Waals surface area contributed by atoms with E-state index < -0.39 is 39.3 Å². The molecule has 1 N–H and O–H groups in total. The van der Waals surface area contributed by atoms with Crippen molar-refractivity contribution < 1.29 is 32.2 Å². The zero-order valence-electron chi connectivity index (χ0n) is 29.4. The molecular formula is C35H40N8O7S. The standard InChI is InChI=1S/C35H40N8O7S/c1-23-8-15-28(16-9-23)51(46,47)43-29(18-19-37-43)25-12-17-30(36-21-25)48-27-13-10-24(11-14-27)32-39-41-42(40-32)22-26(20-31(44)49-34(2,3)4)38-33(45)50-35(5,6)7/h8-19,21,26H,20,22H2,1-7H3,(H,38,45)/t26-/m0/s1. The van der Waals surface area contributed by atoms with Gasteiger partial charge >= 0.3 is 12.1 Å². The quantitative estimate of drug-likeness (QED) is 0.168. The number of nitrogens with zero attached hydrogens (tertiary/aromatic N) is 7. The number of alkyl carbamates (subject to hydrolysis) is 1. The predicted molar refractivity (Wildman–Crippen MR) is 186 cm³/mol. The number of aryl methyl sites for hydroxylation is 1. The number of carbonyl (C=O) groups excluding carboxylic acids is 2. The van der Waals surface area contributed by atoms with Crippen molar-refractivity contribution in [2.75, 3.05) is 0 Å². The molecule has 0 radical (unpaired) electrons. The Labute approximate surface area is 296 Å². The number of aromatic nitrogens is 7. The molecule has 5 aromatic rings. The number of ether oxygens (including phenoxy) is 3. The number of hydrogen-bond donors (Lipinski definition) is 1. The lowest BCUT2D eigenvalue weighted by molar-refractivity contribution is -0.155. The van der Waals surface area contributed by atoms with Gasteiger partial charge in [-0.15, -0.1) is 10.2 Å². The molecule has 0 aliphatic carbocycles. The van der Waals surface area contributed by atoms with Crippen LogP contribution >= 0.6 is 0 Å². The molecule has 0 spiro atoms. The van der Waals surface area contributed by atoms with Gasteiger partial charge in [0.2, 0.25) is 11.7 Å². The van der Waals surface area contributed by atoms with E-state index in [-0.39, 0.29) is 23.7 Å². The Bertz CT molecular complexity index is 2050. The minimum Gasteiger partial charge on any atom is -0.460 e. The Kier molecular flexibility index (Phi) is 10.5. The largest absolute Gasteiger partial charge is 0.460 e. The molecule has 16 heteroatoms. The summed E-state index contributed by atoms with van der Waals surface area (Å²) in [5.41, 5.74) is 1.06. The monoisotopic (exact) mass is 716 g/mol. The number of amides is 1. The molecule has 3 heterocycles. The van der Waals surface area contributed by atoms with Crippen molar-refractivity contribution in [3.8, 4) is 34.3 Å². The molecule has 15 nitrogen and oxygen atoms in total. The lowest BCUT2D eigenvalue weighted by Gasteiger charge is -2.24. The predicted octanol–water partition coefficient (Wildman–Crippen LogP) is 5.56. The van der Waals surface area contributed by atoms with Gasteiger partial charge in [0.15, 0.2) is 0 Å². The summed E-state index contributed by atoms with van der Waals surface area (Å²) in [6, 6.07) is 17.7. The van der Waals surface area contributed by atoms with Gasteiger partial charge in [-0.1, -0.05) is 17.7 Å². The summed E-state index contributed by atoms with van der Waals surface area (Å²) < 4.78 is 44.2. The summed E-state index contributed by atoms with van der Waals surface area (Å²) in [4.78, 5) is 30.8. The van der Waals surface area contributed by atoms with Crippen molar-refractivity contribution in [2.24, 2.45) is 0 Å². The smallest absolute Gasteiger partial charge is 0.407 e. The highest BCUT2D eigenvalue weighted by Crippen LogP contribution is 2.27. The van der Waals surface area contributed by atoms with E-state index in [1.807, 2.05) is 6.92 Å². The van der Waals surface area contributed by atoms with Crippen molar-refractivity contribution in [3.05, 3.63) is 84.7 Å². The average molecular weight is 717 g/mol. The number of tetrazole rings is 1. The molecule has 268 valence electrons. The van der Waals surface area contributed by atoms with Crippen LogP contribution in [0.1, 0.15) is 53.5 Å². The minimum absolute atomic E-state index is 0.0347. The number of benzene rings is 2. The molecule has 0 aliphatic heterocycles. The van der Waals surface area contributed by atoms with Gasteiger partial charge in [0.25, 0.3) is 10.0 Å². The first kappa shape index (κ1) is 36.6. The fourth-order valence-electron chi connectivity index (χ4n) is 4.74. The van der Waals surface area contributed by atoms with Crippen LogP contribution in [0.15, 0.2) is 84.0 Å². The molecule has 0 unspecified atom stereocenters. The summed E-state index contributed by atoms with van der Waals surface area (Å²) in [6.07, 6.45) is 2.11. The lowest BCUT2D eigenvalue weighted by atomic mass is 10.1. The molecule has 51 heavy (non-hydrogen) atoms. The Hall–Kier alpha value is -5.64. The molecule has 5 rings (SSSR count). The topological polar surface area (TPSA) is 182 Å². The Morgan fingerprint density at radius 3 is 2.16 bits per heavy atom. The van der Waals surface area contributed by atoms with Gasteiger partial charge in [0.1, 0.15) is 17.0 Å². The first-order valence-electron chi connectivity index (χ1n) is 16.1. The maximum Gasteiger partial charge on any atom is 0.407 e. The Balaban J connectivity index is 1.24. The summed E-state index contributed by atoms with van der Waals surface area (Å²) in [7, 11) is -3.91. The number of carbonyl (C=O) groups is 2. The number of hydrogen-bond acceptors (Lipinski definition) is 12. The van der Waals surface area contributed by atoms with Gasteiger partial charge < -0.3 is 19.5 Å². The summed E-state index contributed by atoms with van der Waals surface area (Å²) >= 11 is 0. The molecular weight excluding hydrogens is 677 g/mol. The summed E-state index contributed by atoms with van der Waals surface area (Å²) in [6.45, 7) is 12.4. The lowest BCUT2D eigenvalue weighted by Crippen LogP contribution is -2.43. The van der Waals surface area contributed by atoms with Crippen LogP contribution in [0.5, 0.6) is 11.6 Å². The van der Waals surface area contributed by atoms with E-state index in [0.29, 0.717) is 28.4 Å². The molecule has 1 atom stereocenters. The summed E-state index contributed by atoms with van der Waals surface area (Å²) in [5, 5.41) is 19.4. The molecule has 0 saturated carbocycles. The third kappa shape index (κ3) is 9.97. The van der Waals surface area contributed by atoms with Gasteiger partial charge in [-0.2, -0.15) is 22.4 Å². The van der Waals surface area contributed by atoms with Gasteiger partial charge in [0, 0.05) is 23.4 Å². The van der Waals surface area contributed by atoms with Gasteiger partial charge in [0.05, 0.1) is 35.8 Å². The maximum atomic E-state index is 13.3. The van der Waals surface area contributed by atoms with Crippen LogP contribution in [0.2, 0.25) is 0 Å². The van der Waals surface area contributed by atoms with Crippen LogP contribution in [0.4, 0.5) is 4.79 Å². The molecule has 2 aromatic carbocycles. The van der Waals surface area contributed by atoms with Crippen LogP contribution in [-0.2, 0) is 30.8 Å².